The summed E-state index contributed by atoms with van der Waals surface area (Å²) < 4.78 is 0.105. The lowest BCUT2D eigenvalue weighted by Gasteiger charge is -2.13. The van der Waals surface area contributed by atoms with Crippen LogP contribution in [0.2, 0.25) is 0 Å². The predicted molar refractivity (Wildman–Crippen MR) is 78.7 cm³/mol. The smallest absolute Gasteiger partial charge is 0.306 e. The highest BCUT2D eigenvalue weighted by Gasteiger charge is 2.42. The molecule has 1 saturated carbocycles. The van der Waals surface area contributed by atoms with Crippen molar-refractivity contribution in [1.82, 2.24) is 5.32 Å². The summed E-state index contributed by atoms with van der Waals surface area (Å²) >= 11 is 1.71. The van der Waals surface area contributed by atoms with Gasteiger partial charge in [0, 0.05) is 11.3 Å². The molecule has 1 fully saturated rings. The van der Waals surface area contributed by atoms with Gasteiger partial charge in [-0.15, -0.1) is 0 Å². The number of anilines is 1. The number of nitrogen functional groups attached to an aromatic ring is 1. The molecule has 0 atom stereocenters. The van der Waals surface area contributed by atoms with Gasteiger partial charge in [0.15, 0.2) is 0 Å². The SMILES string of the molecule is CSC1(CNC(=O)c2cccc(NN)c2[N+](=O)[O-])CC1. The molecule has 0 aliphatic heterocycles. The van der Waals surface area contributed by atoms with Crippen LogP contribution in [-0.2, 0) is 0 Å². The van der Waals surface area contributed by atoms with Crippen LogP contribution in [0.1, 0.15) is 23.2 Å². The first kappa shape index (κ1) is 14.6. The van der Waals surface area contributed by atoms with E-state index in [4.69, 9.17) is 5.84 Å². The molecular formula is C12H16N4O3S. The number of hydrogen-bond donors (Lipinski definition) is 3. The average Bonchev–Trinajstić information content (AvgIpc) is 3.24. The molecule has 1 aliphatic rings. The lowest BCUT2D eigenvalue weighted by atomic mass is 10.1. The number of nitro groups is 1. The van der Waals surface area contributed by atoms with Gasteiger partial charge in [-0.25, -0.2) is 0 Å². The van der Waals surface area contributed by atoms with E-state index in [9.17, 15) is 14.9 Å². The van der Waals surface area contributed by atoms with E-state index in [1.807, 2.05) is 6.26 Å². The average molecular weight is 296 g/mol. The van der Waals surface area contributed by atoms with Gasteiger partial charge in [0.05, 0.1) is 4.92 Å². The number of rotatable bonds is 6. The number of para-hydroxylation sites is 1. The zero-order chi connectivity index (χ0) is 14.8. The number of carbonyl (C=O) groups is 1. The van der Waals surface area contributed by atoms with Crippen molar-refractivity contribution in [2.24, 2.45) is 5.84 Å². The number of nitrogens with zero attached hydrogens (tertiary/aromatic N) is 1. The van der Waals surface area contributed by atoms with E-state index in [0.29, 0.717) is 6.54 Å². The molecule has 0 unspecified atom stereocenters. The molecule has 2 rings (SSSR count). The third-order valence-corrected chi connectivity index (χ3v) is 4.85. The third kappa shape index (κ3) is 2.86. The van der Waals surface area contributed by atoms with Crippen LogP contribution >= 0.6 is 11.8 Å². The zero-order valence-electron chi connectivity index (χ0n) is 11.0. The summed E-state index contributed by atoms with van der Waals surface area (Å²) in [7, 11) is 0. The maximum Gasteiger partial charge on any atom is 0.306 e. The Kier molecular flexibility index (Phi) is 4.15. The first-order chi connectivity index (χ1) is 9.53. The van der Waals surface area contributed by atoms with Crippen LogP contribution in [0.5, 0.6) is 0 Å². The van der Waals surface area contributed by atoms with Crippen LogP contribution in [0.25, 0.3) is 0 Å². The van der Waals surface area contributed by atoms with Crippen molar-refractivity contribution >= 4 is 29.0 Å². The number of nitrogens with two attached hydrogens (primary N) is 1. The fourth-order valence-electron chi connectivity index (χ4n) is 1.97. The third-order valence-electron chi connectivity index (χ3n) is 3.43. The van der Waals surface area contributed by atoms with E-state index in [-0.39, 0.29) is 21.7 Å². The van der Waals surface area contributed by atoms with Crippen molar-refractivity contribution in [3.05, 3.63) is 33.9 Å². The predicted octanol–water partition coefficient (Wildman–Crippen LogP) is 1.51. The number of nitro benzene ring substituents is 1. The normalized spacial score (nSPS) is 15.5. The summed E-state index contributed by atoms with van der Waals surface area (Å²) in [6, 6.07) is 4.44. The topological polar surface area (TPSA) is 110 Å². The number of amides is 1. The number of thioether (sulfide) groups is 1. The highest BCUT2D eigenvalue weighted by atomic mass is 32.2. The Labute approximate surface area is 120 Å². The van der Waals surface area contributed by atoms with Crippen LogP contribution in [0, 0.1) is 10.1 Å². The molecule has 1 aromatic rings. The number of carbonyl (C=O) groups excluding carboxylic acids is 1. The van der Waals surface area contributed by atoms with Crippen LogP contribution < -0.4 is 16.6 Å². The number of hydrogen-bond acceptors (Lipinski definition) is 6. The van der Waals surface area contributed by atoms with Crippen molar-refractivity contribution in [3.8, 4) is 0 Å². The lowest BCUT2D eigenvalue weighted by molar-refractivity contribution is -0.384. The Morgan fingerprint density at radius 2 is 2.25 bits per heavy atom. The van der Waals surface area contributed by atoms with E-state index in [0.717, 1.165) is 12.8 Å². The summed E-state index contributed by atoms with van der Waals surface area (Å²) in [6.07, 6.45) is 4.11. The summed E-state index contributed by atoms with van der Waals surface area (Å²) in [5.74, 6) is 4.79. The van der Waals surface area contributed by atoms with Crippen LogP contribution in [-0.4, -0.2) is 28.4 Å². The Bertz CT molecular complexity index is 546. The van der Waals surface area contributed by atoms with E-state index in [1.165, 1.54) is 12.1 Å². The molecule has 4 N–H and O–H groups in total. The quantitative estimate of drug-likeness (QED) is 0.417. The molecule has 0 saturated heterocycles. The first-order valence-corrected chi connectivity index (χ1v) is 7.33. The molecule has 0 aromatic heterocycles. The minimum absolute atomic E-state index is 0.0161. The molecule has 0 bridgehead atoms. The Hall–Kier alpha value is -1.80. The Morgan fingerprint density at radius 1 is 1.55 bits per heavy atom. The Balaban J connectivity index is 2.19. The van der Waals surface area contributed by atoms with E-state index in [2.05, 4.69) is 10.7 Å². The lowest BCUT2D eigenvalue weighted by Crippen LogP contribution is -2.32. The van der Waals surface area contributed by atoms with Crippen molar-refractivity contribution in [2.45, 2.75) is 17.6 Å². The molecule has 0 spiro atoms. The Morgan fingerprint density at radius 3 is 2.75 bits per heavy atom. The fraction of sp³-hybridized carbons (Fsp3) is 0.417. The van der Waals surface area contributed by atoms with Crippen LogP contribution in [0.15, 0.2) is 18.2 Å². The van der Waals surface area contributed by atoms with Gasteiger partial charge in [-0.05, 0) is 31.2 Å². The van der Waals surface area contributed by atoms with Gasteiger partial charge in [-0.3, -0.25) is 20.8 Å². The van der Waals surface area contributed by atoms with Crippen molar-refractivity contribution < 1.29 is 9.72 Å². The summed E-state index contributed by atoms with van der Waals surface area (Å²) in [4.78, 5) is 22.6. The van der Waals surface area contributed by atoms with Crippen molar-refractivity contribution in [2.75, 3.05) is 18.2 Å². The molecule has 7 nitrogen and oxygen atoms in total. The van der Waals surface area contributed by atoms with E-state index in [1.54, 1.807) is 17.8 Å². The van der Waals surface area contributed by atoms with Gasteiger partial charge in [0.2, 0.25) is 0 Å². The highest BCUT2D eigenvalue weighted by Crippen LogP contribution is 2.46. The largest absolute Gasteiger partial charge is 0.350 e. The number of nitrogens with one attached hydrogen (secondary N) is 2. The van der Waals surface area contributed by atoms with E-state index >= 15 is 0 Å². The van der Waals surface area contributed by atoms with Gasteiger partial charge in [-0.2, -0.15) is 11.8 Å². The fourth-order valence-corrected chi connectivity index (χ4v) is 2.70. The van der Waals surface area contributed by atoms with Gasteiger partial charge >= 0.3 is 5.69 Å². The number of hydrazine groups is 1. The molecule has 0 radical (unpaired) electrons. The molecule has 0 heterocycles. The number of benzene rings is 1. The summed E-state index contributed by atoms with van der Waals surface area (Å²) in [5.41, 5.74) is 2.07. The monoisotopic (exact) mass is 296 g/mol. The maximum atomic E-state index is 12.1. The summed E-state index contributed by atoms with van der Waals surface area (Å²) in [6.45, 7) is 0.518. The molecule has 8 heteroatoms. The molecule has 1 amide bonds. The molecular weight excluding hydrogens is 280 g/mol. The minimum Gasteiger partial charge on any atom is -0.350 e. The minimum atomic E-state index is -0.606. The summed E-state index contributed by atoms with van der Waals surface area (Å²) in [5, 5.41) is 13.9. The first-order valence-electron chi connectivity index (χ1n) is 6.10. The van der Waals surface area contributed by atoms with Gasteiger partial charge < -0.3 is 10.7 Å². The van der Waals surface area contributed by atoms with Crippen LogP contribution in [0.3, 0.4) is 0 Å². The maximum absolute atomic E-state index is 12.1. The standard InChI is InChI=1S/C12H16N4O3S/c1-20-12(5-6-12)7-14-11(17)8-3-2-4-9(15-13)10(8)16(18)19/h2-4,15H,5-7,13H2,1H3,(H,14,17). The van der Waals surface area contributed by atoms with Crippen LogP contribution in [0.4, 0.5) is 11.4 Å². The molecule has 1 aromatic carbocycles. The molecule has 108 valence electrons. The van der Waals surface area contributed by atoms with E-state index < -0.39 is 10.8 Å². The van der Waals surface area contributed by atoms with Crippen molar-refractivity contribution in [3.63, 3.8) is 0 Å². The van der Waals surface area contributed by atoms with Gasteiger partial charge in [0.25, 0.3) is 5.91 Å². The highest BCUT2D eigenvalue weighted by molar-refractivity contribution is 8.00. The second-order valence-electron chi connectivity index (χ2n) is 4.67. The van der Waals surface area contributed by atoms with Crippen molar-refractivity contribution in [1.29, 1.82) is 0 Å². The zero-order valence-corrected chi connectivity index (χ0v) is 11.8. The second-order valence-corrected chi connectivity index (χ2v) is 5.95. The molecule has 20 heavy (non-hydrogen) atoms. The second kappa shape index (κ2) is 5.68. The van der Waals surface area contributed by atoms with Gasteiger partial charge in [0.1, 0.15) is 11.3 Å². The molecule has 1 aliphatic carbocycles. The van der Waals surface area contributed by atoms with Gasteiger partial charge in [-0.1, -0.05) is 6.07 Å².